The molecule has 130 valence electrons. The Morgan fingerprint density at radius 3 is 2.24 bits per heavy atom. The molecule has 2 aliphatic heterocycles. The molecule has 0 amide bonds. The fourth-order valence-electron chi connectivity index (χ4n) is 4.70. The topological polar surface area (TPSA) is 20.3 Å². The first kappa shape index (κ1) is 16.5. The van der Waals surface area contributed by atoms with Crippen LogP contribution in [0.2, 0.25) is 0 Å². The van der Waals surface area contributed by atoms with Crippen molar-refractivity contribution in [3.05, 3.63) is 71.3 Å². The molecular weight excluding hydrogens is 306 g/mol. The van der Waals surface area contributed by atoms with E-state index in [0.29, 0.717) is 17.9 Å². The van der Waals surface area contributed by atoms with E-state index < -0.39 is 0 Å². The predicted molar refractivity (Wildman–Crippen MR) is 102 cm³/mol. The number of fused-ring (bicyclic) bond motifs is 2. The number of benzene rings is 2. The van der Waals surface area contributed by atoms with Crippen molar-refractivity contribution in [1.29, 1.82) is 0 Å². The van der Waals surface area contributed by atoms with Crippen LogP contribution in [0.25, 0.3) is 0 Å². The Labute approximate surface area is 150 Å². The van der Waals surface area contributed by atoms with E-state index in [1.54, 1.807) is 0 Å². The first-order valence-electron chi connectivity index (χ1n) is 9.61. The SMILES string of the molecule is Cc1ccc(C(=O)C2CC3CCCC(C2)N3Cc2ccccc2)cc1. The summed E-state index contributed by atoms with van der Waals surface area (Å²) in [5.74, 6) is 0.557. The quantitative estimate of drug-likeness (QED) is 0.733. The summed E-state index contributed by atoms with van der Waals surface area (Å²) in [6, 6.07) is 20.0. The van der Waals surface area contributed by atoms with E-state index in [9.17, 15) is 4.79 Å². The van der Waals surface area contributed by atoms with Crippen LogP contribution in [-0.2, 0) is 6.54 Å². The normalized spacial score (nSPS) is 26.4. The zero-order valence-electron chi connectivity index (χ0n) is 15.0. The van der Waals surface area contributed by atoms with Gasteiger partial charge < -0.3 is 0 Å². The molecule has 0 aromatic heterocycles. The zero-order valence-corrected chi connectivity index (χ0v) is 15.0. The number of carbonyl (C=O) groups excluding carboxylic acids is 1. The molecule has 0 spiro atoms. The van der Waals surface area contributed by atoms with Crippen molar-refractivity contribution in [2.75, 3.05) is 0 Å². The molecule has 2 heteroatoms. The smallest absolute Gasteiger partial charge is 0.166 e. The number of nitrogens with zero attached hydrogens (tertiary/aromatic N) is 1. The lowest BCUT2D eigenvalue weighted by Gasteiger charge is -2.48. The van der Waals surface area contributed by atoms with Gasteiger partial charge in [-0.2, -0.15) is 0 Å². The third kappa shape index (κ3) is 3.55. The summed E-state index contributed by atoms with van der Waals surface area (Å²) >= 11 is 0. The minimum Gasteiger partial charge on any atom is -0.294 e. The number of rotatable bonds is 4. The van der Waals surface area contributed by atoms with Gasteiger partial charge in [-0.15, -0.1) is 0 Å². The average molecular weight is 333 g/mol. The lowest BCUT2D eigenvalue weighted by molar-refractivity contribution is 0.00906. The van der Waals surface area contributed by atoms with Crippen LogP contribution in [0.3, 0.4) is 0 Å². The van der Waals surface area contributed by atoms with Crippen LogP contribution < -0.4 is 0 Å². The van der Waals surface area contributed by atoms with E-state index in [1.807, 2.05) is 12.1 Å². The molecule has 2 aliphatic rings. The molecule has 2 aromatic rings. The summed E-state index contributed by atoms with van der Waals surface area (Å²) in [6.07, 6.45) is 5.83. The minimum absolute atomic E-state index is 0.199. The molecule has 2 fully saturated rings. The molecule has 4 rings (SSSR count). The summed E-state index contributed by atoms with van der Waals surface area (Å²) in [5.41, 5.74) is 3.50. The third-order valence-electron chi connectivity index (χ3n) is 6.04. The van der Waals surface area contributed by atoms with E-state index in [0.717, 1.165) is 24.9 Å². The van der Waals surface area contributed by atoms with Crippen LogP contribution in [-0.4, -0.2) is 22.8 Å². The molecule has 25 heavy (non-hydrogen) atoms. The first-order chi connectivity index (χ1) is 12.2. The number of hydrogen-bond acceptors (Lipinski definition) is 2. The maximum Gasteiger partial charge on any atom is 0.166 e. The zero-order chi connectivity index (χ0) is 17.2. The Morgan fingerprint density at radius 2 is 1.60 bits per heavy atom. The van der Waals surface area contributed by atoms with Crippen LogP contribution in [0, 0.1) is 12.8 Å². The average Bonchev–Trinajstić information content (AvgIpc) is 2.62. The van der Waals surface area contributed by atoms with Crippen LogP contribution >= 0.6 is 0 Å². The number of carbonyl (C=O) groups is 1. The molecule has 0 saturated carbocycles. The summed E-state index contributed by atoms with van der Waals surface area (Å²) in [4.78, 5) is 15.7. The summed E-state index contributed by atoms with van der Waals surface area (Å²) in [6.45, 7) is 3.10. The van der Waals surface area contributed by atoms with Crippen LogP contribution in [0.1, 0.15) is 53.6 Å². The maximum atomic E-state index is 13.0. The van der Waals surface area contributed by atoms with Crippen LogP contribution in [0.5, 0.6) is 0 Å². The van der Waals surface area contributed by atoms with Crippen LogP contribution in [0.15, 0.2) is 54.6 Å². The van der Waals surface area contributed by atoms with Crippen molar-refractivity contribution in [3.8, 4) is 0 Å². The number of Topliss-reactive ketones (excluding diaryl/α,β-unsaturated/α-hetero) is 1. The lowest BCUT2D eigenvalue weighted by Crippen LogP contribution is -2.52. The van der Waals surface area contributed by atoms with Gasteiger partial charge in [-0.25, -0.2) is 0 Å². The number of hydrogen-bond donors (Lipinski definition) is 0. The van der Waals surface area contributed by atoms with Gasteiger partial charge in [0.2, 0.25) is 0 Å². The highest BCUT2D eigenvalue weighted by atomic mass is 16.1. The molecule has 2 saturated heterocycles. The fraction of sp³-hybridized carbons (Fsp3) is 0.435. The van der Waals surface area contributed by atoms with Gasteiger partial charge in [-0.3, -0.25) is 9.69 Å². The van der Waals surface area contributed by atoms with Gasteiger partial charge in [0.1, 0.15) is 0 Å². The van der Waals surface area contributed by atoms with Crippen molar-refractivity contribution < 1.29 is 4.79 Å². The third-order valence-corrected chi connectivity index (χ3v) is 6.04. The van der Waals surface area contributed by atoms with E-state index in [4.69, 9.17) is 0 Å². The van der Waals surface area contributed by atoms with Gasteiger partial charge in [0.05, 0.1) is 0 Å². The van der Waals surface area contributed by atoms with Crippen molar-refractivity contribution in [2.45, 2.75) is 57.7 Å². The Hall–Kier alpha value is -1.93. The molecule has 2 heterocycles. The Balaban J connectivity index is 1.49. The molecule has 0 aliphatic carbocycles. The highest BCUT2D eigenvalue weighted by molar-refractivity contribution is 5.98. The van der Waals surface area contributed by atoms with Gasteiger partial charge in [0.25, 0.3) is 0 Å². The van der Waals surface area contributed by atoms with Crippen molar-refractivity contribution >= 4 is 5.78 Å². The monoisotopic (exact) mass is 333 g/mol. The number of ketones is 1. The van der Waals surface area contributed by atoms with E-state index in [1.165, 1.54) is 30.4 Å². The second-order valence-corrected chi connectivity index (χ2v) is 7.80. The van der Waals surface area contributed by atoms with Gasteiger partial charge in [0, 0.05) is 30.1 Å². The predicted octanol–water partition coefficient (Wildman–Crippen LogP) is 5.01. The Kier molecular flexibility index (Phi) is 4.72. The van der Waals surface area contributed by atoms with Crippen LogP contribution in [0.4, 0.5) is 0 Å². The highest BCUT2D eigenvalue weighted by Gasteiger charge is 2.40. The maximum absolute atomic E-state index is 13.0. The summed E-state index contributed by atoms with van der Waals surface area (Å²) in [5, 5.41) is 0. The van der Waals surface area contributed by atoms with E-state index in [-0.39, 0.29) is 5.92 Å². The molecule has 2 atom stereocenters. The second-order valence-electron chi connectivity index (χ2n) is 7.80. The standard InChI is InChI=1S/C23H27NO/c1-17-10-12-19(13-11-17)23(25)20-14-21-8-5-9-22(15-20)24(21)16-18-6-3-2-4-7-18/h2-4,6-7,10-13,20-22H,5,8-9,14-16H2,1H3. The van der Waals surface area contributed by atoms with Gasteiger partial charge in [-0.1, -0.05) is 66.6 Å². The molecule has 2 unspecified atom stereocenters. The molecule has 2 bridgehead atoms. The molecular formula is C23H27NO. The van der Waals surface area contributed by atoms with Gasteiger partial charge in [0.15, 0.2) is 5.78 Å². The largest absolute Gasteiger partial charge is 0.294 e. The van der Waals surface area contributed by atoms with Gasteiger partial charge in [-0.05, 0) is 38.2 Å². The molecule has 2 aromatic carbocycles. The van der Waals surface area contributed by atoms with Crippen molar-refractivity contribution in [3.63, 3.8) is 0 Å². The van der Waals surface area contributed by atoms with Crippen molar-refractivity contribution in [1.82, 2.24) is 4.90 Å². The first-order valence-corrected chi connectivity index (χ1v) is 9.61. The minimum atomic E-state index is 0.199. The lowest BCUT2D eigenvalue weighted by atomic mass is 9.75. The highest BCUT2D eigenvalue weighted by Crippen LogP contribution is 2.39. The fourth-order valence-corrected chi connectivity index (χ4v) is 4.70. The second kappa shape index (κ2) is 7.13. The molecule has 0 radical (unpaired) electrons. The van der Waals surface area contributed by atoms with Gasteiger partial charge >= 0.3 is 0 Å². The summed E-state index contributed by atoms with van der Waals surface area (Å²) < 4.78 is 0. The summed E-state index contributed by atoms with van der Waals surface area (Å²) in [7, 11) is 0. The number of aryl methyl sites for hydroxylation is 1. The molecule has 2 nitrogen and oxygen atoms in total. The van der Waals surface area contributed by atoms with Crippen molar-refractivity contribution in [2.24, 2.45) is 5.92 Å². The Morgan fingerprint density at radius 1 is 0.960 bits per heavy atom. The van der Waals surface area contributed by atoms with E-state index >= 15 is 0 Å². The molecule has 0 N–H and O–H groups in total. The number of piperidine rings is 2. The Bertz CT molecular complexity index is 708. The van der Waals surface area contributed by atoms with E-state index in [2.05, 4.69) is 54.3 Å².